The largest absolute Gasteiger partial charge is 0.456 e. The Morgan fingerprint density at radius 1 is 0.328 bits per heavy atom. The predicted octanol–water partition coefficient (Wildman–Crippen LogP) is 15.7. The van der Waals surface area contributed by atoms with Crippen LogP contribution in [-0.2, 0) is 0 Å². The van der Waals surface area contributed by atoms with Crippen LogP contribution in [-0.4, -0.2) is 24.9 Å². The van der Waals surface area contributed by atoms with E-state index in [9.17, 15) is 0 Å². The highest BCUT2D eigenvalue weighted by Crippen LogP contribution is 2.44. The van der Waals surface area contributed by atoms with Crippen LogP contribution in [0.15, 0.2) is 211 Å². The van der Waals surface area contributed by atoms with Gasteiger partial charge in [0.2, 0.25) is 0 Å². The molecular formula is C60H34N6O. The van der Waals surface area contributed by atoms with E-state index in [0.717, 1.165) is 115 Å². The summed E-state index contributed by atoms with van der Waals surface area (Å²) in [6.07, 6.45) is 3.72. The smallest absolute Gasteiger partial charge is 0.187 e. The highest BCUT2D eigenvalue weighted by atomic mass is 16.3. The normalized spacial score (nSPS) is 11.6. The standard InChI is InChI=1S/C60H34N6O/c1-61-41-25-22-36(23-26-41)49-34-50-48-20-11-31-63-57(48)53(35-51(50)47-19-10-30-62-56(47)49)45-28-27-42(43-16-5-6-17-44(43)45)38-14-9-15-39(32-38)59-64-58(37-12-3-2-4-13-37)65-60(66-59)40-24-29-55-52(33-40)46-18-7-8-21-54(46)67-55/h2-35H. The quantitative estimate of drug-likeness (QED) is 0.122. The molecule has 13 rings (SSSR count). The molecule has 0 unspecified atom stereocenters. The first-order chi connectivity index (χ1) is 33.1. The van der Waals surface area contributed by atoms with Crippen molar-refractivity contribution in [2.45, 2.75) is 0 Å². The van der Waals surface area contributed by atoms with Crippen LogP contribution in [0.5, 0.6) is 0 Å². The van der Waals surface area contributed by atoms with Gasteiger partial charge in [-0.25, -0.2) is 19.8 Å². The number of pyridine rings is 2. The van der Waals surface area contributed by atoms with Gasteiger partial charge in [-0.1, -0.05) is 140 Å². The van der Waals surface area contributed by atoms with Crippen LogP contribution in [0.25, 0.3) is 138 Å². The van der Waals surface area contributed by atoms with Crippen molar-refractivity contribution in [1.82, 2.24) is 24.9 Å². The van der Waals surface area contributed by atoms with Crippen molar-refractivity contribution in [1.29, 1.82) is 0 Å². The van der Waals surface area contributed by atoms with Crippen LogP contribution < -0.4 is 0 Å². The van der Waals surface area contributed by atoms with E-state index in [0.29, 0.717) is 23.2 Å². The van der Waals surface area contributed by atoms with Crippen LogP contribution >= 0.6 is 0 Å². The summed E-state index contributed by atoms with van der Waals surface area (Å²) in [7, 11) is 0. The first-order valence-electron chi connectivity index (χ1n) is 22.1. The summed E-state index contributed by atoms with van der Waals surface area (Å²) < 4.78 is 6.16. The summed E-state index contributed by atoms with van der Waals surface area (Å²) in [6, 6.07) is 66.4. The van der Waals surface area contributed by atoms with Gasteiger partial charge in [-0.2, -0.15) is 0 Å². The molecule has 0 saturated carbocycles. The lowest BCUT2D eigenvalue weighted by Crippen LogP contribution is -2.00. The molecule has 0 spiro atoms. The van der Waals surface area contributed by atoms with Gasteiger partial charge >= 0.3 is 0 Å². The van der Waals surface area contributed by atoms with Crippen LogP contribution in [0.1, 0.15) is 0 Å². The summed E-state index contributed by atoms with van der Waals surface area (Å²) in [5.41, 5.74) is 13.1. The summed E-state index contributed by atoms with van der Waals surface area (Å²) in [6.45, 7) is 7.48. The molecule has 0 N–H and O–H groups in total. The number of aromatic nitrogens is 5. The Bertz CT molecular complexity index is 4170. The zero-order valence-corrected chi connectivity index (χ0v) is 35.7. The van der Waals surface area contributed by atoms with E-state index >= 15 is 0 Å². The topological polar surface area (TPSA) is 82.0 Å². The lowest BCUT2D eigenvalue weighted by atomic mass is 9.88. The number of rotatable bonds is 6. The van der Waals surface area contributed by atoms with E-state index in [-0.39, 0.29) is 0 Å². The van der Waals surface area contributed by atoms with Gasteiger partial charge in [-0.3, -0.25) is 9.97 Å². The predicted molar refractivity (Wildman–Crippen MR) is 272 cm³/mol. The number of hydrogen-bond donors (Lipinski definition) is 0. The fourth-order valence-electron chi connectivity index (χ4n) is 9.67. The van der Waals surface area contributed by atoms with Crippen LogP contribution in [0.2, 0.25) is 0 Å². The minimum Gasteiger partial charge on any atom is -0.456 e. The molecule has 7 nitrogen and oxygen atoms in total. The fourth-order valence-corrected chi connectivity index (χ4v) is 9.67. The highest BCUT2D eigenvalue weighted by molar-refractivity contribution is 6.23. The molecule has 0 amide bonds. The first kappa shape index (κ1) is 38.1. The van der Waals surface area contributed by atoms with E-state index < -0.39 is 0 Å². The Balaban J connectivity index is 0.956. The highest BCUT2D eigenvalue weighted by Gasteiger charge is 2.20. The van der Waals surface area contributed by atoms with Gasteiger partial charge in [-0.15, -0.1) is 0 Å². The van der Waals surface area contributed by atoms with Crippen molar-refractivity contribution in [3.8, 4) is 67.5 Å². The average molecular weight is 855 g/mol. The molecule has 0 fully saturated rings. The second-order valence-electron chi connectivity index (χ2n) is 16.7. The summed E-state index contributed by atoms with van der Waals surface area (Å²) in [5, 5.41) is 8.62. The minimum atomic E-state index is 0.586. The fraction of sp³-hybridized carbons (Fsp3) is 0. The molecule has 0 saturated heterocycles. The van der Waals surface area contributed by atoms with E-state index in [1.807, 2.05) is 109 Å². The number of para-hydroxylation sites is 1. The lowest BCUT2D eigenvalue weighted by molar-refractivity contribution is 0.669. The summed E-state index contributed by atoms with van der Waals surface area (Å²) in [4.78, 5) is 28.9. The van der Waals surface area contributed by atoms with E-state index in [2.05, 4.69) is 102 Å². The number of fused-ring (bicyclic) bond motifs is 9. The maximum Gasteiger partial charge on any atom is 0.187 e. The summed E-state index contributed by atoms with van der Waals surface area (Å²) >= 11 is 0. The van der Waals surface area contributed by atoms with Gasteiger partial charge in [0.25, 0.3) is 0 Å². The third-order valence-corrected chi connectivity index (χ3v) is 12.8. The molecule has 0 radical (unpaired) electrons. The van der Waals surface area contributed by atoms with Crippen molar-refractivity contribution >= 4 is 71.0 Å². The third kappa shape index (κ3) is 6.39. The molecule has 0 aliphatic heterocycles. The van der Waals surface area contributed by atoms with E-state index in [1.54, 1.807) is 0 Å². The Labute approximate surface area is 384 Å². The second-order valence-corrected chi connectivity index (χ2v) is 16.7. The maximum absolute atomic E-state index is 7.48. The van der Waals surface area contributed by atoms with Gasteiger partial charge in [0.1, 0.15) is 11.2 Å². The van der Waals surface area contributed by atoms with Gasteiger partial charge < -0.3 is 4.42 Å². The minimum absolute atomic E-state index is 0.586. The Morgan fingerprint density at radius 3 is 1.60 bits per heavy atom. The molecule has 4 heterocycles. The molecule has 9 aromatic carbocycles. The van der Waals surface area contributed by atoms with Gasteiger partial charge in [0.05, 0.1) is 17.6 Å². The SMILES string of the molecule is [C-]#[N+]c1ccc(-c2cc3c4cccnc4c(-c4ccc(-c5cccc(-c6nc(-c7ccccc7)nc(-c7ccc8oc9ccccc9c8c7)n6)c5)c5ccccc45)cc3c3cccnc23)cc1. The van der Waals surface area contributed by atoms with Crippen LogP contribution in [0.4, 0.5) is 5.69 Å². The Morgan fingerprint density at radius 2 is 0.866 bits per heavy atom. The molecule has 310 valence electrons. The number of nitrogens with zero attached hydrogens (tertiary/aromatic N) is 6. The number of benzene rings is 9. The van der Waals surface area contributed by atoms with Crippen molar-refractivity contribution < 1.29 is 4.42 Å². The monoisotopic (exact) mass is 854 g/mol. The first-order valence-corrected chi connectivity index (χ1v) is 22.1. The van der Waals surface area contributed by atoms with Gasteiger partial charge in [0.15, 0.2) is 23.2 Å². The molecule has 13 aromatic rings. The average Bonchev–Trinajstić information content (AvgIpc) is 3.78. The Kier molecular flexibility index (Phi) is 8.76. The van der Waals surface area contributed by atoms with Crippen molar-refractivity contribution in [2.24, 2.45) is 0 Å². The van der Waals surface area contributed by atoms with E-state index in [1.165, 1.54) is 0 Å². The third-order valence-electron chi connectivity index (χ3n) is 12.8. The maximum atomic E-state index is 7.48. The van der Waals surface area contributed by atoms with Crippen molar-refractivity contribution in [3.63, 3.8) is 0 Å². The number of hydrogen-bond acceptors (Lipinski definition) is 6. The number of furan rings is 1. The molecular weight excluding hydrogens is 821 g/mol. The molecule has 4 aromatic heterocycles. The van der Waals surface area contributed by atoms with E-state index in [4.69, 9.17) is 35.9 Å². The molecule has 0 bridgehead atoms. The molecule has 7 heteroatoms. The Hall–Kier alpha value is -9.38. The van der Waals surface area contributed by atoms with Crippen LogP contribution in [0.3, 0.4) is 0 Å². The molecule has 0 atom stereocenters. The van der Waals surface area contributed by atoms with Gasteiger partial charge in [0, 0.05) is 61.8 Å². The zero-order chi connectivity index (χ0) is 44.4. The molecule has 67 heavy (non-hydrogen) atoms. The molecule has 0 aliphatic carbocycles. The van der Waals surface area contributed by atoms with Gasteiger partial charge in [-0.05, 0) is 98.4 Å². The molecule has 0 aliphatic rings. The van der Waals surface area contributed by atoms with Crippen LogP contribution in [0, 0.1) is 6.57 Å². The summed E-state index contributed by atoms with van der Waals surface area (Å²) in [5.74, 6) is 1.77. The van der Waals surface area contributed by atoms with Crippen molar-refractivity contribution in [2.75, 3.05) is 0 Å². The zero-order valence-electron chi connectivity index (χ0n) is 35.7. The second kappa shape index (κ2) is 15.4. The van der Waals surface area contributed by atoms with Crippen molar-refractivity contribution in [3.05, 3.63) is 218 Å². The lowest BCUT2D eigenvalue weighted by Gasteiger charge is -2.17.